The summed E-state index contributed by atoms with van der Waals surface area (Å²) >= 11 is 0. The van der Waals surface area contributed by atoms with E-state index in [9.17, 15) is 5.11 Å². The third kappa shape index (κ3) is 5.40. The Balaban J connectivity index is 2.09. The van der Waals surface area contributed by atoms with Crippen LogP contribution in [0.3, 0.4) is 0 Å². The summed E-state index contributed by atoms with van der Waals surface area (Å²) in [5, 5.41) is 27.2. The highest BCUT2D eigenvalue weighted by molar-refractivity contribution is 5.67. The number of oxime groups is 1. The van der Waals surface area contributed by atoms with Crippen LogP contribution >= 0.6 is 0 Å². The van der Waals surface area contributed by atoms with Crippen molar-refractivity contribution in [1.29, 1.82) is 0 Å². The first-order chi connectivity index (χ1) is 12.8. The van der Waals surface area contributed by atoms with E-state index >= 15 is 0 Å². The quantitative estimate of drug-likeness (QED) is 0.305. The fourth-order valence-corrected chi connectivity index (χ4v) is 2.64. The molecule has 0 amide bonds. The molecule has 2 rings (SSSR count). The van der Waals surface area contributed by atoms with E-state index in [1.165, 1.54) is 12.5 Å². The molecule has 2 N–H and O–H groups in total. The van der Waals surface area contributed by atoms with Crippen molar-refractivity contribution in [1.82, 2.24) is 14.8 Å². The van der Waals surface area contributed by atoms with Gasteiger partial charge in [-0.3, -0.25) is 0 Å². The van der Waals surface area contributed by atoms with Crippen molar-refractivity contribution < 1.29 is 15.1 Å². The molecule has 7 nitrogen and oxygen atoms in total. The fourth-order valence-electron chi connectivity index (χ4n) is 2.64. The van der Waals surface area contributed by atoms with Crippen LogP contribution in [-0.4, -0.2) is 43.5 Å². The Morgan fingerprint density at radius 3 is 2.52 bits per heavy atom. The molecule has 0 saturated heterocycles. The van der Waals surface area contributed by atoms with E-state index in [2.05, 4.69) is 21.8 Å². The van der Waals surface area contributed by atoms with Crippen LogP contribution in [0.4, 0.5) is 0 Å². The summed E-state index contributed by atoms with van der Waals surface area (Å²) in [6.07, 6.45) is 6.95. The summed E-state index contributed by atoms with van der Waals surface area (Å²) in [6, 6.07) is 7.52. The molecule has 0 aliphatic rings. The van der Waals surface area contributed by atoms with E-state index in [0.717, 1.165) is 5.56 Å². The molecule has 2 aromatic rings. The summed E-state index contributed by atoms with van der Waals surface area (Å²) in [4.78, 5) is 3.93. The van der Waals surface area contributed by atoms with Gasteiger partial charge in [0.2, 0.25) is 0 Å². The third-order valence-electron chi connectivity index (χ3n) is 4.74. The Morgan fingerprint density at radius 2 is 2.00 bits per heavy atom. The van der Waals surface area contributed by atoms with Gasteiger partial charge in [-0.1, -0.05) is 39.0 Å². The van der Waals surface area contributed by atoms with Crippen molar-refractivity contribution in [3.8, 4) is 5.75 Å². The van der Waals surface area contributed by atoms with Crippen LogP contribution in [0.5, 0.6) is 5.75 Å². The van der Waals surface area contributed by atoms with Crippen LogP contribution in [-0.2, 0) is 6.54 Å². The van der Waals surface area contributed by atoms with E-state index in [1.54, 1.807) is 17.1 Å². The first kappa shape index (κ1) is 20.6. The molecular weight excluding hydrogens is 344 g/mol. The number of allylic oxidation sites excluding steroid dienone is 1. The number of hydrogen-bond acceptors (Lipinski definition) is 6. The Labute approximate surface area is 160 Å². The van der Waals surface area contributed by atoms with Crippen molar-refractivity contribution in [3.63, 3.8) is 0 Å². The van der Waals surface area contributed by atoms with Crippen LogP contribution in [0.25, 0.3) is 0 Å². The Morgan fingerprint density at radius 1 is 1.30 bits per heavy atom. The number of aliphatic hydroxyl groups is 1. The van der Waals surface area contributed by atoms with Crippen LogP contribution in [0.2, 0.25) is 0 Å². The maximum atomic E-state index is 11.2. The minimum atomic E-state index is -1.13. The molecule has 2 atom stereocenters. The van der Waals surface area contributed by atoms with Crippen LogP contribution < -0.4 is 4.74 Å². The highest BCUT2D eigenvalue weighted by Gasteiger charge is 2.41. The second kappa shape index (κ2) is 8.81. The molecule has 0 spiro atoms. The first-order valence-corrected chi connectivity index (χ1v) is 8.85. The van der Waals surface area contributed by atoms with Gasteiger partial charge in [-0.05, 0) is 29.5 Å². The first-order valence-electron chi connectivity index (χ1n) is 8.85. The lowest BCUT2D eigenvalue weighted by Gasteiger charge is -2.39. The van der Waals surface area contributed by atoms with Gasteiger partial charge in [-0.15, -0.1) is 11.7 Å². The molecule has 2 unspecified atom stereocenters. The number of aromatic nitrogens is 3. The molecule has 146 valence electrons. The van der Waals surface area contributed by atoms with Gasteiger partial charge >= 0.3 is 0 Å². The molecule has 0 saturated carbocycles. The zero-order valence-corrected chi connectivity index (χ0v) is 16.1. The summed E-state index contributed by atoms with van der Waals surface area (Å²) in [5.41, 5.74) is -0.562. The minimum absolute atomic E-state index is 0.0413. The average molecular weight is 372 g/mol. The van der Waals surface area contributed by atoms with E-state index in [0.29, 0.717) is 12.2 Å². The van der Waals surface area contributed by atoms with E-state index in [4.69, 9.17) is 9.94 Å². The molecule has 1 aromatic heterocycles. The predicted molar refractivity (Wildman–Crippen MR) is 104 cm³/mol. The second-order valence-corrected chi connectivity index (χ2v) is 7.63. The van der Waals surface area contributed by atoms with Crippen LogP contribution in [0, 0.1) is 5.41 Å². The molecule has 7 heteroatoms. The third-order valence-corrected chi connectivity index (χ3v) is 4.74. The molecule has 0 aliphatic carbocycles. The van der Waals surface area contributed by atoms with Crippen LogP contribution in [0.15, 0.2) is 54.7 Å². The zero-order chi connectivity index (χ0) is 19.9. The Hall–Kier alpha value is -2.67. The smallest absolute Gasteiger partial charge is 0.137 e. The maximum absolute atomic E-state index is 11.2. The molecule has 0 bridgehead atoms. The van der Waals surface area contributed by atoms with Crippen molar-refractivity contribution in [2.45, 2.75) is 45.3 Å². The number of ether oxygens (including phenoxy) is 1. The Bertz CT molecular complexity index is 736. The molecule has 0 radical (unpaired) electrons. The molecule has 0 aliphatic heterocycles. The normalized spacial score (nSPS) is 15.4. The van der Waals surface area contributed by atoms with Gasteiger partial charge in [0.25, 0.3) is 0 Å². The minimum Gasteiger partial charge on any atom is -0.490 e. The summed E-state index contributed by atoms with van der Waals surface area (Å²) < 4.78 is 7.49. The second-order valence-electron chi connectivity index (χ2n) is 7.63. The monoisotopic (exact) mass is 372 g/mol. The SMILES string of the molecule is C=CCC(/C=N\O)c1ccc(OCC(O)(Cn2cncn2)C(C)(C)C)cc1. The highest BCUT2D eigenvalue weighted by atomic mass is 16.5. The lowest BCUT2D eigenvalue weighted by atomic mass is 9.77. The average Bonchev–Trinajstić information content (AvgIpc) is 3.12. The largest absolute Gasteiger partial charge is 0.490 e. The van der Waals surface area contributed by atoms with E-state index in [1.807, 2.05) is 45.0 Å². The number of rotatable bonds is 9. The summed E-state index contributed by atoms with van der Waals surface area (Å²) in [5.74, 6) is 0.610. The highest BCUT2D eigenvalue weighted by Crippen LogP contribution is 2.33. The van der Waals surface area contributed by atoms with Gasteiger partial charge in [-0.25, -0.2) is 9.67 Å². The standard InChI is InChI=1S/C20H28N4O3/c1-5-6-17(11-23-26)16-7-9-18(10-8-16)27-13-20(25,19(2,3)4)12-24-15-21-14-22-24/h5,7-11,14-15,17,25-26H,1,6,12-13H2,2-4H3/b23-11-. The van der Waals surface area contributed by atoms with Gasteiger partial charge in [0.1, 0.15) is 30.6 Å². The van der Waals surface area contributed by atoms with Gasteiger partial charge in [0.05, 0.1) is 12.8 Å². The van der Waals surface area contributed by atoms with E-state index in [-0.39, 0.29) is 19.1 Å². The van der Waals surface area contributed by atoms with Gasteiger partial charge in [0.15, 0.2) is 0 Å². The zero-order valence-electron chi connectivity index (χ0n) is 16.1. The van der Waals surface area contributed by atoms with E-state index < -0.39 is 11.0 Å². The number of nitrogens with zero attached hydrogens (tertiary/aromatic N) is 4. The Kier molecular flexibility index (Phi) is 6.74. The number of hydrogen-bond donors (Lipinski definition) is 2. The van der Waals surface area contributed by atoms with Crippen molar-refractivity contribution >= 4 is 6.21 Å². The maximum Gasteiger partial charge on any atom is 0.137 e. The lowest BCUT2D eigenvalue weighted by molar-refractivity contribution is -0.101. The number of benzene rings is 1. The van der Waals surface area contributed by atoms with Gasteiger partial charge in [-0.2, -0.15) is 5.10 Å². The molecule has 1 aromatic carbocycles. The van der Waals surface area contributed by atoms with Gasteiger partial charge in [0, 0.05) is 5.92 Å². The molecule has 1 heterocycles. The fraction of sp³-hybridized carbons (Fsp3) is 0.450. The van der Waals surface area contributed by atoms with Crippen molar-refractivity contribution in [2.24, 2.45) is 10.6 Å². The molecule has 0 fully saturated rings. The van der Waals surface area contributed by atoms with Crippen molar-refractivity contribution in [2.75, 3.05) is 6.61 Å². The van der Waals surface area contributed by atoms with Crippen LogP contribution in [0.1, 0.15) is 38.7 Å². The predicted octanol–water partition coefficient (Wildman–Crippen LogP) is 3.25. The summed E-state index contributed by atoms with van der Waals surface area (Å²) in [7, 11) is 0. The van der Waals surface area contributed by atoms with Gasteiger partial charge < -0.3 is 15.1 Å². The summed E-state index contributed by atoms with van der Waals surface area (Å²) in [6.45, 7) is 10.0. The molecular formula is C20H28N4O3. The topological polar surface area (TPSA) is 92.8 Å². The lowest BCUT2D eigenvalue weighted by Crippen LogP contribution is -2.51. The van der Waals surface area contributed by atoms with Crippen molar-refractivity contribution in [3.05, 3.63) is 55.1 Å². The molecule has 27 heavy (non-hydrogen) atoms.